The fourth-order valence-corrected chi connectivity index (χ4v) is 2.06. The Morgan fingerprint density at radius 1 is 1.05 bits per heavy atom. The van der Waals surface area contributed by atoms with E-state index in [9.17, 15) is 5.11 Å². The number of fused-ring (bicyclic) bond motifs is 1. The summed E-state index contributed by atoms with van der Waals surface area (Å²) >= 11 is 0. The molecule has 2 N–H and O–H groups in total. The number of benzene rings is 2. The summed E-state index contributed by atoms with van der Waals surface area (Å²) in [5, 5.41) is 13.6. The highest BCUT2D eigenvalue weighted by Crippen LogP contribution is 2.18. The first kappa shape index (κ1) is 12.4. The second-order valence-electron chi connectivity index (χ2n) is 4.60. The smallest absolute Gasteiger partial charge is 0.223 e. The van der Waals surface area contributed by atoms with Gasteiger partial charge in [-0.15, -0.1) is 0 Å². The molecule has 0 bridgehead atoms. The van der Waals surface area contributed by atoms with Gasteiger partial charge in [0.1, 0.15) is 5.75 Å². The summed E-state index contributed by atoms with van der Waals surface area (Å²) < 4.78 is 0. The molecule has 0 aliphatic rings. The monoisotopic (exact) mass is 265 g/mol. The zero-order valence-electron chi connectivity index (χ0n) is 11.0. The molecule has 0 atom stereocenters. The first-order valence-corrected chi connectivity index (χ1v) is 6.55. The zero-order chi connectivity index (χ0) is 13.8. The van der Waals surface area contributed by atoms with Crippen LogP contribution in [0.4, 0.5) is 5.95 Å². The highest BCUT2D eigenvalue weighted by molar-refractivity contribution is 5.80. The fraction of sp³-hybridized carbons (Fsp3) is 0.125. The van der Waals surface area contributed by atoms with Crippen LogP contribution in [-0.2, 0) is 6.42 Å². The van der Waals surface area contributed by atoms with E-state index in [1.165, 1.54) is 5.56 Å². The summed E-state index contributed by atoms with van der Waals surface area (Å²) in [5.74, 6) is 0.797. The molecule has 100 valence electrons. The molecule has 4 heteroatoms. The maximum Gasteiger partial charge on any atom is 0.223 e. The van der Waals surface area contributed by atoms with E-state index in [0.29, 0.717) is 5.95 Å². The normalized spacial score (nSPS) is 10.6. The third-order valence-electron chi connectivity index (χ3n) is 3.11. The van der Waals surface area contributed by atoms with Crippen LogP contribution in [0.1, 0.15) is 5.56 Å². The van der Waals surface area contributed by atoms with Crippen molar-refractivity contribution in [3.05, 3.63) is 60.3 Å². The Morgan fingerprint density at radius 3 is 2.75 bits per heavy atom. The van der Waals surface area contributed by atoms with Gasteiger partial charge in [0, 0.05) is 24.2 Å². The Hall–Kier alpha value is -2.62. The van der Waals surface area contributed by atoms with Gasteiger partial charge in [0.15, 0.2) is 0 Å². The van der Waals surface area contributed by atoms with E-state index in [-0.39, 0.29) is 5.75 Å². The predicted octanol–water partition coefficient (Wildman–Crippen LogP) is 2.99. The Morgan fingerprint density at radius 2 is 1.90 bits per heavy atom. The van der Waals surface area contributed by atoms with Crippen LogP contribution in [0, 0.1) is 0 Å². The first-order valence-electron chi connectivity index (χ1n) is 6.55. The lowest BCUT2D eigenvalue weighted by molar-refractivity contribution is 0.476. The average molecular weight is 265 g/mol. The van der Waals surface area contributed by atoms with E-state index in [2.05, 4.69) is 27.4 Å². The van der Waals surface area contributed by atoms with E-state index < -0.39 is 0 Å². The molecule has 20 heavy (non-hydrogen) atoms. The van der Waals surface area contributed by atoms with Crippen molar-refractivity contribution < 1.29 is 5.11 Å². The Kier molecular flexibility index (Phi) is 3.46. The van der Waals surface area contributed by atoms with Gasteiger partial charge >= 0.3 is 0 Å². The first-order chi connectivity index (χ1) is 9.81. The minimum Gasteiger partial charge on any atom is -0.508 e. The van der Waals surface area contributed by atoms with Crippen LogP contribution < -0.4 is 5.32 Å². The summed E-state index contributed by atoms with van der Waals surface area (Å²) in [6, 6.07) is 15.3. The lowest BCUT2D eigenvalue weighted by atomic mass is 10.1. The number of rotatable bonds is 4. The highest BCUT2D eigenvalue weighted by Gasteiger charge is 2.01. The molecule has 3 aromatic rings. The molecule has 0 saturated carbocycles. The molecule has 0 saturated heterocycles. The molecular weight excluding hydrogens is 250 g/mol. The van der Waals surface area contributed by atoms with Crippen molar-refractivity contribution in [2.45, 2.75) is 6.42 Å². The van der Waals surface area contributed by atoms with Crippen LogP contribution in [-0.4, -0.2) is 21.6 Å². The summed E-state index contributed by atoms with van der Waals surface area (Å²) in [4.78, 5) is 8.65. The average Bonchev–Trinajstić information content (AvgIpc) is 2.48. The van der Waals surface area contributed by atoms with Gasteiger partial charge in [0.05, 0.1) is 5.52 Å². The molecule has 0 amide bonds. The maximum atomic E-state index is 9.47. The lowest BCUT2D eigenvalue weighted by Gasteiger charge is -2.06. The van der Waals surface area contributed by atoms with E-state index >= 15 is 0 Å². The van der Waals surface area contributed by atoms with E-state index in [1.54, 1.807) is 24.4 Å². The second kappa shape index (κ2) is 5.57. The van der Waals surface area contributed by atoms with E-state index in [1.807, 2.05) is 18.2 Å². The summed E-state index contributed by atoms with van der Waals surface area (Å²) in [7, 11) is 0. The van der Waals surface area contributed by atoms with Crippen molar-refractivity contribution in [2.24, 2.45) is 0 Å². The van der Waals surface area contributed by atoms with Gasteiger partial charge in [0.2, 0.25) is 5.95 Å². The molecule has 0 aliphatic carbocycles. The van der Waals surface area contributed by atoms with Gasteiger partial charge in [-0.25, -0.2) is 9.97 Å². The lowest BCUT2D eigenvalue weighted by Crippen LogP contribution is -2.07. The third kappa shape index (κ3) is 2.85. The maximum absolute atomic E-state index is 9.47. The molecule has 3 rings (SSSR count). The number of hydrogen-bond acceptors (Lipinski definition) is 4. The number of phenols is 1. The highest BCUT2D eigenvalue weighted by atomic mass is 16.3. The molecule has 0 radical (unpaired) electrons. The van der Waals surface area contributed by atoms with Crippen molar-refractivity contribution >= 4 is 16.9 Å². The summed E-state index contributed by atoms with van der Waals surface area (Å²) in [6.07, 6.45) is 2.68. The third-order valence-corrected chi connectivity index (χ3v) is 3.11. The predicted molar refractivity (Wildman–Crippen MR) is 79.8 cm³/mol. The molecule has 1 aromatic heterocycles. The van der Waals surface area contributed by atoms with Crippen molar-refractivity contribution in [1.29, 1.82) is 0 Å². The molecule has 2 aromatic carbocycles. The molecular formula is C16H15N3O. The van der Waals surface area contributed by atoms with Crippen LogP contribution in [0.2, 0.25) is 0 Å². The van der Waals surface area contributed by atoms with Gasteiger partial charge in [-0.05, 0) is 24.1 Å². The minimum atomic E-state index is 0.214. The van der Waals surface area contributed by atoms with Crippen LogP contribution in [0.3, 0.4) is 0 Å². The van der Waals surface area contributed by atoms with Crippen molar-refractivity contribution in [1.82, 2.24) is 9.97 Å². The summed E-state index contributed by atoms with van der Waals surface area (Å²) in [6.45, 7) is 0.772. The van der Waals surface area contributed by atoms with Crippen LogP contribution in [0.25, 0.3) is 10.9 Å². The molecule has 0 spiro atoms. The Labute approximate surface area is 117 Å². The number of nitrogens with one attached hydrogen (secondary N) is 1. The number of aromatic nitrogens is 2. The number of hydrogen-bond donors (Lipinski definition) is 2. The molecule has 0 fully saturated rings. The molecule has 0 aliphatic heterocycles. The van der Waals surface area contributed by atoms with Gasteiger partial charge in [0.25, 0.3) is 0 Å². The molecule has 0 unspecified atom stereocenters. The molecule has 1 heterocycles. The largest absolute Gasteiger partial charge is 0.508 e. The van der Waals surface area contributed by atoms with Gasteiger partial charge < -0.3 is 10.4 Å². The Bertz CT molecular complexity index is 713. The minimum absolute atomic E-state index is 0.214. The zero-order valence-corrected chi connectivity index (χ0v) is 11.0. The van der Waals surface area contributed by atoms with Crippen LogP contribution in [0.5, 0.6) is 5.75 Å². The quantitative estimate of drug-likeness (QED) is 0.761. The van der Waals surface area contributed by atoms with Crippen molar-refractivity contribution in [3.63, 3.8) is 0 Å². The second-order valence-corrected chi connectivity index (χ2v) is 4.60. The number of nitrogens with zero attached hydrogens (tertiary/aromatic N) is 2. The standard InChI is InChI=1S/C16H15N3O/c20-14-7-6-13-11-18-16(19-15(13)10-14)17-9-8-12-4-2-1-3-5-12/h1-7,10-11,20H,8-9H2,(H,17,18,19). The topological polar surface area (TPSA) is 58.0 Å². The van der Waals surface area contributed by atoms with Gasteiger partial charge in [-0.2, -0.15) is 0 Å². The summed E-state index contributed by atoms with van der Waals surface area (Å²) in [5.41, 5.74) is 2.01. The van der Waals surface area contributed by atoms with E-state index in [0.717, 1.165) is 23.9 Å². The SMILES string of the molecule is Oc1ccc2cnc(NCCc3ccccc3)nc2c1. The van der Waals surface area contributed by atoms with Crippen LogP contribution in [0.15, 0.2) is 54.7 Å². The number of aromatic hydroxyl groups is 1. The van der Waals surface area contributed by atoms with Gasteiger partial charge in [-0.3, -0.25) is 0 Å². The van der Waals surface area contributed by atoms with Crippen molar-refractivity contribution in [2.75, 3.05) is 11.9 Å². The van der Waals surface area contributed by atoms with Crippen molar-refractivity contribution in [3.8, 4) is 5.75 Å². The van der Waals surface area contributed by atoms with Crippen LogP contribution >= 0.6 is 0 Å². The van der Waals surface area contributed by atoms with Gasteiger partial charge in [-0.1, -0.05) is 30.3 Å². The Balaban J connectivity index is 1.68. The number of phenolic OH excluding ortho intramolecular Hbond substituents is 1. The fourth-order valence-electron chi connectivity index (χ4n) is 2.06. The molecule has 4 nitrogen and oxygen atoms in total. The number of anilines is 1. The van der Waals surface area contributed by atoms with E-state index in [4.69, 9.17) is 0 Å².